The second-order valence-electron chi connectivity index (χ2n) is 7.59. The quantitative estimate of drug-likeness (QED) is 0.821. The van der Waals surface area contributed by atoms with Crippen molar-refractivity contribution in [1.29, 1.82) is 0 Å². The molecule has 0 radical (unpaired) electrons. The molecule has 0 bridgehead atoms. The van der Waals surface area contributed by atoms with Crippen LogP contribution in [0.5, 0.6) is 5.75 Å². The van der Waals surface area contributed by atoms with E-state index in [4.69, 9.17) is 4.74 Å². The number of hydrogen-bond donors (Lipinski definition) is 1. The van der Waals surface area contributed by atoms with Crippen molar-refractivity contribution in [3.8, 4) is 5.75 Å². The molecule has 1 aliphatic carbocycles. The minimum atomic E-state index is -0.0451. The smallest absolute Gasteiger partial charge is 0.237 e. The van der Waals surface area contributed by atoms with E-state index in [1.807, 2.05) is 12.1 Å². The molecule has 1 N–H and O–H groups in total. The summed E-state index contributed by atoms with van der Waals surface area (Å²) < 4.78 is 5.23. The Morgan fingerprint density at radius 3 is 2.23 bits per heavy atom. The van der Waals surface area contributed by atoms with Gasteiger partial charge in [-0.3, -0.25) is 9.69 Å². The van der Waals surface area contributed by atoms with Crippen LogP contribution in [0.15, 0.2) is 24.3 Å². The van der Waals surface area contributed by atoms with E-state index < -0.39 is 0 Å². The first-order valence-electron chi connectivity index (χ1n) is 10.1. The Morgan fingerprint density at radius 2 is 1.65 bits per heavy atom. The monoisotopic (exact) mass is 359 g/mol. The minimum Gasteiger partial charge on any atom is -0.497 e. The van der Waals surface area contributed by atoms with E-state index in [0.29, 0.717) is 6.04 Å². The van der Waals surface area contributed by atoms with E-state index in [2.05, 4.69) is 34.2 Å². The van der Waals surface area contributed by atoms with Crippen LogP contribution in [0, 0.1) is 0 Å². The number of methoxy groups -OCH3 is 1. The molecule has 1 saturated heterocycles. The number of amides is 1. The summed E-state index contributed by atoms with van der Waals surface area (Å²) >= 11 is 0. The summed E-state index contributed by atoms with van der Waals surface area (Å²) in [4.78, 5) is 17.4. The van der Waals surface area contributed by atoms with Gasteiger partial charge in [-0.25, -0.2) is 0 Å². The number of rotatable bonds is 5. The maximum absolute atomic E-state index is 12.7. The fourth-order valence-corrected chi connectivity index (χ4v) is 4.07. The van der Waals surface area contributed by atoms with Crippen molar-refractivity contribution >= 4 is 11.6 Å². The molecule has 144 valence electrons. The highest BCUT2D eigenvalue weighted by Crippen LogP contribution is 2.21. The predicted molar refractivity (Wildman–Crippen MR) is 106 cm³/mol. The Balaban J connectivity index is 1.47. The van der Waals surface area contributed by atoms with Gasteiger partial charge in [-0.2, -0.15) is 0 Å². The van der Waals surface area contributed by atoms with Crippen LogP contribution in [-0.2, 0) is 4.79 Å². The summed E-state index contributed by atoms with van der Waals surface area (Å²) in [6, 6.07) is 8.56. The van der Waals surface area contributed by atoms with Crippen molar-refractivity contribution in [3.63, 3.8) is 0 Å². The van der Waals surface area contributed by atoms with E-state index >= 15 is 0 Å². The highest BCUT2D eigenvalue weighted by atomic mass is 16.5. The molecule has 0 unspecified atom stereocenters. The van der Waals surface area contributed by atoms with Crippen LogP contribution in [0.4, 0.5) is 5.69 Å². The first-order valence-corrected chi connectivity index (χ1v) is 10.1. The van der Waals surface area contributed by atoms with Crippen LogP contribution in [0.1, 0.15) is 45.4 Å². The molecule has 1 aliphatic heterocycles. The van der Waals surface area contributed by atoms with Crippen LogP contribution in [0.2, 0.25) is 0 Å². The van der Waals surface area contributed by atoms with Crippen molar-refractivity contribution in [2.75, 3.05) is 38.2 Å². The third-order valence-corrected chi connectivity index (χ3v) is 5.88. The SMILES string of the molecule is COc1ccc(N2CCN([C@@H](C)C(=O)NC3CCCCCC3)CC2)cc1. The molecule has 2 aliphatic rings. The zero-order valence-electron chi connectivity index (χ0n) is 16.2. The third kappa shape index (κ3) is 4.91. The lowest BCUT2D eigenvalue weighted by Gasteiger charge is -2.39. The normalized spacial score (nSPS) is 21.1. The number of anilines is 1. The van der Waals surface area contributed by atoms with Crippen molar-refractivity contribution in [2.45, 2.75) is 57.5 Å². The number of nitrogens with one attached hydrogen (secondary N) is 1. The number of nitrogens with zero attached hydrogens (tertiary/aromatic N) is 2. The van der Waals surface area contributed by atoms with Gasteiger partial charge in [0.15, 0.2) is 0 Å². The number of ether oxygens (including phenoxy) is 1. The average Bonchev–Trinajstić information content (AvgIpc) is 2.96. The van der Waals surface area contributed by atoms with Gasteiger partial charge in [-0.05, 0) is 44.0 Å². The van der Waals surface area contributed by atoms with Gasteiger partial charge in [0.05, 0.1) is 13.2 Å². The lowest BCUT2D eigenvalue weighted by molar-refractivity contribution is -0.126. The fourth-order valence-electron chi connectivity index (χ4n) is 4.07. The van der Waals surface area contributed by atoms with E-state index in [-0.39, 0.29) is 11.9 Å². The molecule has 1 saturated carbocycles. The zero-order valence-corrected chi connectivity index (χ0v) is 16.2. The molecular formula is C21H33N3O2. The van der Waals surface area contributed by atoms with Crippen molar-refractivity contribution in [3.05, 3.63) is 24.3 Å². The van der Waals surface area contributed by atoms with Gasteiger partial charge >= 0.3 is 0 Å². The summed E-state index contributed by atoms with van der Waals surface area (Å²) in [6.45, 7) is 5.80. The molecule has 26 heavy (non-hydrogen) atoms. The second-order valence-corrected chi connectivity index (χ2v) is 7.59. The first-order chi connectivity index (χ1) is 12.7. The third-order valence-electron chi connectivity index (χ3n) is 5.88. The molecule has 1 atom stereocenters. The molecule has 0 aromatic heterocycles. The molecule has 1 aromatic rings. The second kappa shape index (κ2) is 9.26. The topological polar surface area (TPSA) is 44.8 Å². The molecule has 1 aromatic carbocycles. The van der Waals surface area contributed by atoms with Crippen molar-refractivity contribution in [1.82, 2.24) is 10.2 Å². The molecule has 1 heterocycles. The number of piperazine rings is 1. The Labute approximate surface area is 157 Å². The van der Waals surface area contributed by atoms with Gasteiger partial charge in [0.1, 0.15) is 5.75 Å². The Morgan fingerprint density at radius 1 is 1.04 bits per heavy atom. The Hall–Kier alpha value is -1.75. The number of carbonyl (C=O) groups excluding carboxylic acids is 1. The fraction of sp³-hybridized carbons (Fsp3) is 0.667. The maximum Gasteiger partial charge on any atom is 0.237 e. The molecule has 3 rings (SSSR count). The molecule has 2 fully saturated rings. The molecular weight excluding hydrogens is 326 g/mol. The summed E-state index contributed by atoms with van der Waals surface area (Å²) in [5.41, 5.74) is 1.22. The lowest BCUT2D eigenvalue weighted by Crippen LogP contribution is -2.55. The van der Waals surface area contributed by atoms with Gasteiger partial charge in [0, 0.05) is 37.9 Å². The average molecular weight is 360 g/mol. The number of carbonyl (C=O) groups is 1. The largest absolute Gasteiger partial charge is 0.497 e. The summed E-state index contributed by atoms with van der Waals surface area (Å²) in [5.74, 6) is 1.09. The summed E-state index contributed by atoms with van der Waals surface area (Å²) in [6.07, 6.45) is 7.41. The van der Waals surface area contributed by atoms with Crippen LogP contribution in [-0.4, -0.2) is 56.2 Å². The zero-order chi connectivity index (χ0) is 18.4. The van der Waals surface area contributed by atoms with Gasteiger partial charge in [0.2, 0.25) is 5.91 Å². The molecule has 5 nitrogen and oxygen atoms in total. The van der Waals surface area contributed by atoms with E-state index in [0.717, 1.165) is 44.8 Å². The van der Waals surface area contributed by atoms with Crippen molar-refractivity contribution in [2.24, 2.45) is 0 Å². The van der Waals surface area contributed by atoms with Crippen LogP contribution >= 0.6 is 0 Å². The number of benzene rings is 1. The highest BCUT2D eigenvalue weighted by molar-refractivity contribution is 5.81. The Bertz CT molecular complexity index is 559. The van der Waals surface area contributed by atoms with Crippen LogP contribution in [0.25, 0.3) is 0 Å². The van der Waals surface area contributed by atoms with Crippen molar-refractivity contribution < 1.29 is 9.53 Å². The van der Waals surface area contributed by atoms with E-state index in [1.165, 1.54) is 31.4 Å². The predicted octanol–water partition coefficient (Wildman–Crippen LogP) is 3.04. The van der Waals surface area contributed by atoms with E-state index in [1.54, 1.807) is 7.11 Å². The Kier molecular flexibility index (Phi) is 6.78. The molecule has 0 spiro atoms. The van der Waals surface area contributed by atoms with Gasteiger partial charge < -0.3 is 15.0 Å². The summed E-state index contributed by atoms with van der Waals surface area (Å²) in [5, 5.41) is 3.30. The van der Waals surface area contributed by atoms with E-state index in [9.17, 15) is 4.79 Å². The number of hydrogen-bond acceptors (Lipinski definition) is 4. The highest BCUT2D eigenvalue weighted by Gasteiger charge is 2.27. The van der Waals surface area contributed by atoms with Gasteiger partial charge in [0.25, 0.3) is 0 Å². The summed E-state index contributed by atoms with van der Waals surface area (Å²) in [7, 11) is 1.69. The standard InChI is InChI=1S/C21H33N3O2/c1-17(21(25)22-18-7-5-3-4-6-8-18)23-13-15-24(16-14-23)19-9-11-20(26-2)12-10-19/h9-12,17-18H,3-8,13-16H2,1-2H3,(H,22,25)/t17-/m0/s1. The maximum atomic E-state index is 12.7. The molecule has 5 heteroatoms. The molecule has 1 amide bonds. The lowest BCUT2D eigenvalue weighted by atomic mass is 10.1. The van der Waals surface area contributed by atoms with Gasteiger partial charge in [-0.1, -0.05) is 25.7 Å². The minimum absolute atomic E-state index is 0.0451. The first kappa shape index (κ1) is 19.0. The van der Waals surface area contributed by atoms with Gasteiger partial charge in [-0.15, -0.1) is 0 Å². The van der Waals surface area contributed by atoms with Crippen LogP contribution < -0.4 is 15.0 Å². The van der Waals surface area contributed by atoms with Crippen LogP contribution in [0.3, 0.4) is 0 Å².